The number of nitrogens with one attached hydrogen (secondary N) is 1. The smallest absolute Gasteiger partial charge is 0.266 e. The third kappa shape index (κ3) is 3.99. The molecule has 0 bridgehead atoms. The van der Waals surface area contributed by atoms with E-state index >= 15 is 0 Å². The molecule has 3 heterocycles. The minimum Gasteiger partial charge on any atom is -0.421 e. The quantitative estimate of drug-likeness (QED) is 0.379. The third-order valence-electron chi connectivity index (χ3n) is 5.79. The van der Waals surface area contributed by atoms with Crippen LogP contribution < -0.4 is 16.6 Å². The van der Waals surface area contributed by atoms with Crippen molar-refractivity contribution >= 4 is 22.5 Å². The molecule has 0 spiro atoms. The zero-order chi connectivity index (χ0) is 24.5. The van der Waals surface area contributed by atoms with E-state index in [4.69, 9.17) is 15.1 Å². The Morgan fingerprint density at radius 1 is 1.06 bits per heavy atom. The van der Waals surface area contributed by atoms with Crippen LogP contribution >= 0.6 is 0 Å². The summed E-state index contributed by atoms with van der Waals surface area (Å²) in [6.07, 6.45) is 1.96. The summed E-state index contributed by atoms with van der Waals surface area (Å²) in [5, 5.41) is 12.0. The normalized spacial score (nSPS) is 12.1. The number of aromatic nitrogens is 6. The van der Waals surface area contributed by atoms with Crippen LogP contribution in [0.15, 0.2) is 64.1 Å². The van der Waals surface area contributed by atoms with Crippen molar-refractivity contribution in [3.63, 3.8) is 0 Å². The maximum Gasteiger partial charge on any atom is 0.266 e. The highest BCUT2D eigenvalue weighted by Crippen LogP contribution is 2.33. The van der Waals surface area contributed by atoms with Crippen molar-refractivity contribution in [1.82, 2.24) is 29.7 Å². The monoisotopic (exact) mass is 468 g/mol. The van der Waals surface area contributed by atoms with Crippen LogP contribution in [-0.4, -0.2) is 29.7 Å². The lowest BCUT2D eigenvalue weighted by molar-refractivity contribution is 0.532. The van der Waals surface area contributed by atoms with E-state index in [2.05, 4.69) is 25.5 Å². The van der Waals surface area contributed by atoms with E-state index in [1.54, 1.807) is 11.5 Å². The maximum absolute atomic E-state index is 13.8. The average Bonchev–Trinajstić information content (AvgIpc) is 3.28. The molecule has 0 radical (unpaired) electrons. The molecule has 0 amide bonds. The first-order valence-corrected chi connectivity index (χ1v) is 11.2. The van der Waals surface area contributed by atoms with Crippen LogP contribution in [0.1, 0.15) is 36.7 Å². The van der Waals surface area contributed by atoms with Gasteiger partial charge in [0.2, 0.25) is 5.89 Å². The van der Waals surface area contributed by atoms with Crippen molar-refractivity contribution in [2.45, 2.75) is 33.2 Å². The number of hydrogen-bond acceptors (Lipinski definition) is 9. The van der Waals surface area contributed by atoms with Crippen LogP contribution in [0, 0.1) is 13.8 Å². The maximum atomic E-state index is 13.8. The molecule has 0 aliphatic rings. The van der Waals surface area contributed by atoms with Gasteiger partial charge in [0.15, 0.2) is 0 Å². The predicted molar refractivity (Wildman–Crippen MR) is 133 cm³/mol. The second kappa shape index (κ2) is 8.98. The number of aryl methyl sites for hydroxylation is 2. The number of nitrogen functional groups attached to an aromatic ring is 1. The first kappa shape index (κ1) is 22.2. The van der Waals surface area contributed by atoms with Crippen molar-refractivity contribution < 1.29 is 4.42 Å². The van der Waals surface area contributed by atoms with Gasteiger partial charge in [-0.3, -0.25) is 9.36 Å². The second-order valence-electron chi connectivity index (χ2n) is 8.13. The molecule has 2 aromatic carbocycles. The number of fused-ring (bicyclic) bond motifs is 1. The fourth-order valence-electron chi connectivity index (χ4n) is 4.10. The van der Waals surface area contributed by atoms with E-state index in [-0.39, 0.29) is 17.3 Å². The summed E-state index contributed by atoms with van der Waals surface area (Å²) in [7, 11) is 0. The van der Waals surface area contributed by atoms with E-state index in [0.717, 1.165) is 11.3 Å². The Morgan fingerprint density at radius 2 is 1.86 bits per heavy atom. The Bertz CT molecular complexity index is 1580. The number of para-hydroxylation sites is 1. The first-order valence-electron chi connectivity index (χ1n) is 11.2. The molecule has 5 rings (SSSR count). The Balaban J connectivity index is 1.71. The lowest BCUT2D eigenvalue weighted by Gasteiger charge is -2.23. The highest BCUT2D eigenvalue weighted by Gasteiger charge is 2.24. The third-order valence-corrected chi connectivity index (χ3v) is 5.79. The summed E-state index contributed by atoms with van der Waals surface area (Å²) in [4.78, 5) is 27.2. The van der Waals surface area contributed by atoms with Gasteiger partial charge in [-0.05, 0) is 37.1 Å². The van der Waals surface area contributed by atoms with Gasteiger partial charge in [-0.1, -0.05) is 37.3 Å². The van der Waals surface area contributed by atoms with Crippen molar-refractivity contribution in [2.75, 3.05) is 11.1 Å². The molecule has 0 fully saturated rings. The van der Waals surface area contributed by atoms with Gasteiger partial charge in [0.25, 0.3) is 11.4 Å². The topological polar surface area (TPSA) is 138 Å². The Labute approximate surface area is 200 Å². The molecular formula is C25H24N8O2. The van der Waals surface area contributed by atoms with Gasteiger partial charge in [0, 0.05) is 6.92 Å². The highest BCUT2D eigenvalue weighted by molar-refractivity contribution is 5.82. The Morgan fingerprint density at radius 3 is 2.57 bits per heavy atom. The molecule has 3 N–H and O–H groups in total. The minimum atomic E-state index is -0.398. The summed E-state index contributed by atoms with van der Waals surface area (Å²) in [5.41, 5.74) is 8.65. The lowest BCUT2D eigenvalue weighted by Crippen LogP contribution is -2.28. The minimum absolute atomic E-state index is 0.135. The van der Waals surface area contributed by atoms with E-state index in [1.165, 1.54) is 6.33 Å². The van der Waals surface area contributed by atoms with Gasteiger partial charge in [-0.25, -0.2) is 15.0 Å². The Kier molecular flexibility index (Phi) is 5.69. The largest absolute Gasteiger partial charge is 0.421 e. The summed E-state index contributed by atoms with van der Waals surface area (Å²) in [6, 6.07) is 14.7. The number of nitrogens with two attached hydrogens (primary N) is 1. The lowest BCUT2D eigenvalue weighted by atomic mass is 10.1. The zero-order valence-electron chi connectivity index (χ0n) is 19.6. The number of benzene rings is 2. The fourth-order valence-corrected chi connectivity index (χ4v) is 4.10. The van der Waals surface area contributed by atoms with Gasteiger partial charge in [0.05, 0.1) is 22.6 Å². The van der Waals surface area contributed by atoms with Crippen LogP contribution in [0.3, 0.4) is 0 Å². The van der Waals surface area contributed by atoms with Gasteiger partial charge in [-0.2, -0.15) is 0 Å². The summed E-state index contributed by atoms with van der Waals surface area (Å²) < 4.78 is 7.25. The molecular weight excluding hydrogens is 444 g/mol. The molecule has 3 aromatic heterocycles. The van der Waals surface area contributed by atoms with Crippen molar-refractivity contribution in [2.24, 2.45) is 0 Å². The van der Waals surface area contributed by atoms with Crippen molar-refractivity contribution in [1.29, 1.82) is 0 Å². The molecule has 5 aromatic rings. The van der Waals surface area contributed by atoms with Crippen LogP contribution in [0.25, 0.3) is 28.0 Å². The van der Waals surface area contributed by atoms with Crippen molar-refractivity contribution in [3.8, 4) is 17.1 Å². The van der Waals surface area contributed by atoms with Gasteiger partial charge in [0.1, 0.15) is 29.4 Å². The predicted octanol–water partition coefficient (Wildman–Crippen LogP) is 3.99. The Hall–Kier alpha value is -4.60. The molecule has 10 heteroatoms. The van der Waals surface area contributed by atoms with Crippen LogP contribution in [0.5, 0.6) is 0 Å². The molecule has 35 heavy (non-hydrogen) atoms. The summed E-state index contributed by atoms with van der Waals surface area (Å²) >= 11 is 0. The standard InChI is InChI=1S/C25H24N8O2/c1-4-17(29-22-20(21(26)27-13-28-22)24-32-31-15(3)35-24)23-30-18-12-8-9-14(2)19(18)25(34)33(23)16-10-6-5-7-11-16/h5-13,17H,4H2,1-3H3,(H3,26,27,28,29). The second-order valence-corrected chi connectivity index (χ2v) is 8.13. The number of anilines is 2. The van der Waals surface area contributed by atoms with E-state index in [1.807, 2.05) is 62.4 Å². The molecule has 10 nitrogen and oxygen atoms in total. The fraction of sp³-hybridized carbons (Fsp3) is 0.200. The number of nitrogens with zero attached hydrogens (tertiary/aromatic N) is 6. The molecule has 0 saturated heterocycles. The van der Waals surface area contributed by atoms with E-state index in [0.29, 0.717) is 40.4 Å². The van der Waals surface area contributed by atoms with Crippen LogP contribution in [0.4, 0.5) is 11.6 Å². The number of hydrogen-bond donors (Lipinski definition) is 2. The van der Waals surface area contributed by atoms with E-state index in [9.17, 15) is 4.79 Å². The summed E-state index contributed by atoms with van der Waals surface area (Å²) in [6.45, 7) is 5.61. The molecule has 1 atom stereocenters. The number of rotatable bonds is 6. The van der Waals surface area contributed by atoms with E-state index < -0.39 is 6.04 Å². The van der Waals surface area contributed by atoms with Crippen LogP contribution in [-0.2, 0) is 0 Å². The van der Waals surface area contributed by atoms with Crippen LogP contribution in [0.2, 0.25) is 0 Å². The summed E-state index contributed by atoms with van der Waals surface area (Å²) in [5.74, 6) is 1.76. The molecule has 1 unspecified atom stereocenters. The SMILES string of the molecule is CCC(Nc1ncnc(N)c1-c1nnc(C)o1)c1nc2cccc(C)c2c(=O)n1-c1ccccc1. The highest BCUT2D eigenvalue weighted by atomic mass is 16.4. The first-order chi connectivity index (χ1) is 17.0. The molecule has 0 aliphatic heterocycles. The molecule has 0 aliphatic carbocycles. The van der Waals surface area contributed by atoms with Gasteiger partial charge < -0.3 is 15.5 Å². The molecule has 0 saturated carbocycles. The molecule has 176 valence electrons. The van der Waals surface area contributed by atoms with Crippen molar-refractivity contribution in [3.05, 3.63) is 82.5 Å². The average molecular weight is 469 g/mol. The van der Waals surface area contributed by atoms with Gasteiger partial charge >= 0.3 is 0 Å². The van der Waals surface area contributed by atoms with Gasteiger partial charge in [-0.15, -0.1) is 10.2 Å². The zero-order valence-corrected chi connectivity index (χ0v) is 19.6.